The van der Waals surface area contributed by atoms with E-state index in [4.69, 9.17) is 0 Å². The Kier molecular flexibility index (Phi) is 4.82. The van der Waals surface area contributed by atoms with Crippen LogP contribution < -0.4 is 5.32 Å². The smallest absolute Gasteiger partial charge is 0.246 e. The fourth-order valence-electron chi connectivity index (χ4n) is 2.78. The summed E-state index contributed by atoms with van der Waals surface area (Å²) in [6, 6.07) is 0. The monoisotopic (exact) mass is 300 g/mol. The van der Waals surface area contributed by atoms with E-state index in [1.807, 2.05) is 7.05 Å². The summed E-state index contributed by atoms with van der Waals surface area (Å²) in [7, 11) is -1.54. The van der Waals surface area contributed by atoms with Crippen LogP contribution in [0.3, 0.4) is 0 Å². The molecule has 0 aromatic carbocycles. The third-order valence-electron chi connectivity index (χ3n) is 3.67. The maximum absolute atomic E-state index is 12.6. The normalized spacial score (nSPS) is 24.9. The van der Waals surface area contributed by atoms with Gasteiger partial charge in [0.05, 0.1) is 12.7 Å². The number of likely N-dealkylation sites (N-methyl/N-ethyl adjacent to an activating group) is 1. The summed E-state index contributed by atoms with van der Waals surface area (Å²) in [5.41, 5.74) is 0. The first kappa shape index (κ1) is 15.5. The largest absolute Gasteiger partial charge is 0.318 e. The Bertz CT molecular complexity index is 530. The van der Waals surface area contributed by atoms with Gasteiger partial charge in [-0.05, 0) is 25.3 Å². The lowest BCUT2D eigenvalue weighted by atomic mass is 9.94. The number of nitrogens with one attached hydrogen (secondary N) is 1. The van der Waals surface area contributed by atoms with Crippen LogP contribution in [0.25, 0.3) is 0 Å². The van der Waals surface area contributed by atoms with Crippen molar-refractivity contribution < 1.29 is 8.42 Å². The van der Waals surface area contributed by atoms with Gasteiger partial charge >= 0.3 is 0 Å². The molecule has 0 amide bonds. The minimum Gasteiger partial charge on any atom is -0.318 e. The maximum Gasteiger partial charge on any atom is 0.246 e. The third kappa shape index (κ3) is 3.39. The Hall–Kier alpha value is -0.920. The summed E-state index contributed by atoms with van der Waals surface area (Å²) in [5, 5.41) is 7.14. The van der Waals surface area contributed by atoms with E-state index in [1.54, 1.807) is 15.2 Å². The molecule has 2 atom stereocenters. The van der Waals surface area contributed by atoms with Crippen molar-refractivity contribution in [2.24, 2.45) is 11.8 Å². The third-order valence-corrected chi connectivity index (χ3v) is 5.46. The standard InChI is InChI=1S/C13H24N4O2S/c1-11-6-12(2)9-17(8-11)20(18,19)13-7-15-16(10-13)5-4-14-3/h7,10-12,14H,4-6,8-9H2,1-3H3. The van der Waals surface area contributed by atoms with Crippen molar-refractivity contribution in [3.05, 3.63) is 12.4 Å². The van der Waals surface area contributed by atoms with Crippen molar-refractivity contribution in [1.82, 2.24) is 19.4 Å². The van der Waals surface area contributed by atoms with Crippen LogP contribution in [0.1, 0.15) is 20.3 Å². The Morgan fingerprint density at radius 2 is 2.00 bits per heavy atom. The first-order chi connectivity index (χ1) is 9.43. The average molecular weight is 300 g/mol. The lowest BCUT2D eigenvalue weighted by molar-refractivity contribution is 0.222. The van der Waals surface area contributed by atoms with Crippen molar-refractivity contribution in [3.63, 3.8) is 0 Å². The Morgan fingerprint density at radius 1 is 1.35 bits per heavy atom. The van der Waals surface area contributed by atoms with Gasteiger partial charge in [-0.3, -0.25) is 4.68 Å². The fourth-order valence-corrected chi connectivity index (χ4v) is 4.41. The van der Waals surface area contributed by atoms with E-state index in [1.165, 1.54) is 6.20 Å². The molecule has 1 fully saturated rings. The van der Waals surface area contributed by atoms with Crippen molar-refractivity contribution in [3.8, 4) is 0 Å². The van der Waals surface area contributed by atoms with Crippen LogP contribution in [0.2, 0.25) is 0 Å². The molecule has 0 bridgehead atoms. The Labute approximate surface area is 121 Å². The van der Waals surface area contributed by atoms with Crippen LogP contribution in [0.15, 0.2) is 17.3 Å². The van der Waals surface area contributed by atoms with Gasteiger partial charge < -0.3 is 5.32 Å². The second-order valence-electron chi connectivity index (χ2n) is 5.81. The van der Waals surface area contributed by atoms with E-state index in [0.29, 0.717) is 36.4 Å². The molecule has 2 unspecified atom stereocenters. The highest BCUT2D eigenvalue weighted by atomic mass is 32.2. The highest BCUT2D eigenvalue weighted by molar-refractivity contribution is 7.89. The summed E-state index contributed by atoms with van der Waals surface area (Å²) in [6.45, 7) is 6.85. The van der Waals surface area contributed by atoms with Gasteiger partial charge in [0.1, 0.15) is 4.90 Å². The molecular weight excluding hydrogens is 276 g/mol. The van der Waals surface area contributed by atoms with Crippen LogP contribution >= 0.6 is 0 Å². The highest BCUT2D eigenvalue weighted by Gasteiger charge is 2.32. The van der Waals surface area contributed by atoms with Gasteiger partial charge in [0.2, 0.25) is 10.0 Å². The summed E-state index contributed by atoms with van der Waals surface area (Å²) in [5.74, 6) is 0.820. The average Bonchev–Trinajstić information content (AvgIpc) is 2.84. The number of hydrogen-bond acceptors (Lipinski definition) is 4. The van der Waals surface area contributed by atoms with Crippen LogP contribution in [0, 0.1) is 11.8 Å². The van der Waals surface area contributed by atoms with Gasteiger partial charge in [0, 0.05) is 25.8 Å². The second-order valence-corrected chi connectivity index (χ2v) is 7.75. The minimum atomic E-state index is -3.40. The number of sulfonamides is 1. The van der Waals surface area contributed by atoms with E-state index in [-0.39, 0.29) is 0 Å². The van der Waals surface area contributed by atoms with E-state index in [0.717, 1.165) is 13.0 Å². The zero-order chi connectivity index (χ0) is 14.8. The van der Waals surface area contributed by atoms with E-state index >= 15 is 0 Å². The SMILES string of the molecule is CNCCn1cc(S(=O)(=O)N2CC(C)CC(C)C2)cn1. The molecule has 6 nitrogen and oxygen atoms in total. The van der Waals surface area contributed by atoms with Crippen LogP contribution in [0.4, 0.5) is 0 Å². The second kappa shape index (κ2) is 6.24. The lowest BCUT2D eigenvalue weighted by Gasteiger charge is -2.33. The molecule has 1 aliphatic heterocycles. The predicted molar refractivity (Wildman–Crippen MR) is 77.9 cm³/mol. The van der Waals surface area contributed by atoms with Gasteiger partial charge in [-0.25, -0.2) is 8.42 Å². The molecule has 0 spiro atoms. The Balaban J connectivity index is 2.15. The fraction of sp³-hybridized carbons (Fsp3) is 0.769. The molecule has 1 aromatic heterocycles. The predicted octanol–water partition coefficient (Wildman–Crippen LogP) is 0.769. The molecule has 0 radical (unpaired) electrons. The molecule has 114 valence electrons. The van der Waals surface area contributed by atoms with Crippen molar-refractivity contribution >= 4 is 10.0 Å². The number of hydrogen-bond donors (Lipinski definition) is 1. The zero-order valence-corrected chi connectivity index (χ0v) is 13.2. The summed E-state index contributed by atoms with van der Waals surface area (Å²) in [6.07, 6.45) is 4.17. The molecule has 1 aromatic rings. The maximum atomic E-state index is 12.6. The van der Waals surface area contributed by atoms with Gasteiger partial charge in [-0.1, -0.05) is 13.8 Å². The number of rotatable bonds is 5. The lowest BCUT2D eigenvalue weighted by Crippen LogP contribution is -2.42. The number of piperidine rings is 1. The Morgan fingerprint density at radius 3 is 2.60 bits per heavy atom. The molecule has 1 aliphatic rings. The quantitative estimate of drug-likeness (QED) is 0.872. The number of aromatic nitrogens is 2. The van der Waals surface area contributed by atoms with Crippen LogP contribution in [0.5, 0.6) is 0 Å². The minimum absolute atomic E-state index is 0.301. The van der Waals surface area contributed by atoms with Gasteiger partial charge in [-0.2, -0.15) is 9.40 Å². The van der Waals surface area contributed by atoms with Crippen molar-refractivity contribution in [1.29, 1.82) is 0 Å². The van der Waals surface area contributed by atoms with E-state index in [9.17, 15) is 8.42 Å². The molecule has 7 heteroatoms. The van der Waals surface area contributed by atoms with Crippen LogP contribution in [-0.4, -0.2) is 49.2 Å². The number of nitrogens with zero attached hydrogens (tertiary/aromatic N) is 3. The molecule has 2 heterocycles. The zero-order valence-electron chi connectivity index (χ0n) is 12.4. The topological polar surface area (TPSA) is 67.2 Å². The first-order valence-corrected chi connectivity index (χ1v) is 8.54. The van der Waals surface area contributed by atoms with Crippen molar-refractivity contribution in [2.45, 2.75) is 31.7 Å². The van der Waals surface area contributed by atoms with Crippen LogP contribution in [-0.2, 0) is 16.6 Å². The first-order valence-electron chi connectivity index (χ1n) is 7.10. The molecule has 0 aliphatic carbocycles. The van der Waals surface area contributed by atoms with Gasteiger partial charge in [0.15, 0.2) is 0 Å². The molecule has 0 saturated carbocycles. The molecule has 2 rings (SSSR count). The highest BCUT2D eigenvalue weighted by Crippen LogP contribution is 2.26. The summed E-state index contributed by atoms with van der Waals surface area (Å²) in [4.78, 5) is 0.301. The summed E-state index contributed by atoms with van der Waals surface area (Å²) < 4.78 is 28.5. The van der Waals surface area contributed by atoms with Gasteiger partial charge in [0.25, 0.3) is 0 Å². The van der Waals surface area contributed by atoms with Gasteiger partial charge in [-0.15, -0.1) is 0 Å². The molecular formula is C13H24N4O2S. The summed E-state index contributed by atoms with van der Waals surface area (Å²) >= 11 is 0. The molecule has 20 heavy (non-hydrogen) atoms. The van der Waals surface area contributed by atoms with E-state index < -0.39 is 10.0 Å². The van der Waals surface area contributed by atoms with Crippen molar-refractivity contribution in [2.75, 3.05) is 26.7 Å². The molecule has 1 N–H and O–H groups in total. The van der Waals surface area contributed by atoms with E-state index in [2.05, 4.69) is 24.3 Å². The molecule has 1 saturated heterocycles.